The predicted molar refractivity (Wildman–Crippen MR) is 84.8 cm³/mol. The topological polar surface area (TPSA) is 51.2 Å². The Morgan fingerprint density at radius 3 is 2.90 bits per heavy atom. The van der Waals surface area contributed by atoms with Crippen molar-refractivity contribution in [2.75, 3.05) is 6.54 Å². The minimum absolute atomic E-state index is 0.0707. The van der Waals surface area contributed by atoms with Crippen LogP contribution in [-0.4, -0.2) is 17.4 Å². The van der Waals surface area contributed by atoms with Gasteiger partial charge in [0, 0.05) is 17.5 Å². The molecule has 1 amide bonds. The summed E-state index contributed by atoms with van der Waals surface area (Å²) in [7, 11) is 0. The normalized spacial score (nSPS) is 10.7. The molecule has 0 radical (unpaired) electrons. The number of hydrogen-bond acceptors (Lipinski definition) is 4. The fourth-order valence-electron chi connectivity index (χ4n) is 1.76. The smallest absolute Gasteiger partial charge is 0.251 e. The first kappa shape index (κ1) is 15.5. The largest absolute Gasteiger partial charge is 0.487 e. The van der Waals surface area contributed by atoms with Crippen molar-refractivity contribution in [2.24, 2.45) is 5.92 Å². The average Bonchev–Trinajstić information content (AvgIpc) is 2.88. The molecule has 2 rings (SSSR count). The van der Waals surface area contributed by atoms with Crippen LogP contribution in [0.4, 0.5) is 0 Å². The number of nitrogens with zero attached hydrogens (tertiary/aromatic N) is 1. The van der Waals surface area contributed by atoms with Gasteiger partial charge in [-0.25, -0.2) is 4.98 Å². The number of benzene rings is 1. The van der Waals surface area contributed by atoms with Crippen LogP contribution in [0, 0.1) is 12.8 Å². The third kappa shape index (κ3) is 4.86. The molecule has 0 aliphatic heterocycles. The van der Waals surface area contributed by atoms with E-state index in [9.17, 15) is 4.79 Å². The van der Waals surface area contributed by atoms with Gasteiger partial charge in [-0.3, -0.25) is 4.79 Å². The van der Waals surface area contributed by atoms with Gasteiger partial charge in [0.05, 0.1) is 10.7 Å². The summed E-state index contributed by atoms with van der Waals surface area (Å²) in [6.45, 7) is 7.18. The van der Waals surface area contributed by atoms with E-state index in [-0.39, 0.29) is 5.91 Å². The first-order valence-electron chi connectivity index (χ1n) is 6.96. The standard InChI is InChI=1S/C16H20N2O2S/c1-11(2)8-17-16(19)13-5-4-6-15(7-13)20-9-14-10-21-12(3)18-14/h4-7,10-11H,8-9H2,1-3H3,(H,17,19). The molecule has 1 aromatic heterocycles. The van der Waals surface area contributed by atoms with Crippen LogP contribution in [0.15, 0.2) is 29.6 Å². The van der Waals surface area contributed by atoms with Gasteiger partial charge in [-0.1, -0.05) is 19.9 Å². The van der Waals surface area contributed by atoms with Crippen molar-refractivity contribution in [1.29, 1.82) is 0 Å². The molecule has 0 fully saturated rings. The Hall–Kier alpha value is -1.88. The second kappa shape index (κ2) is 7.22. The zero-order valence-corrected chi connectivity index (χ0v) is 13.4. The number of aryl methyl sites for hydroxylation is 1. The second-order valence-corrected chi connectivity index (χ2v) is 6.34. The van der Waals surface area contributed by atoms with E-state index in [1.165, 1.54) is 0 Å². The predicted octanol–water partition coefficient (Wildman–Crippen LogP) is 3.42. The number of carbonyl (C=O) groups is 1. The Morgan fingerprint density at radius 2 is 2.24 bits per heavy atom. The van der Waals surface area contributed by atoms with E-state index >= 15 is 0 Å². The SMILES string of the molecule is Cc1nc(COc2cccc(C(=O)NCC(C)C)c2)cs1. The quantitative estimate of drug-likeness (QED) is 0.889. The number of ether oxygens (including phenoxy) is 1. The van der Waals surface area contributed by atoms with Crippen LogP contribution in [0.5, 0.6) is 5.75 Å². The first-order chi connectivity index (χ1) is 10.0. The maximum Gasteiger partial charge on any atom is 0.251 e. The van der Waals surface area contributed by atoms with Crippen molar-refractivity contribution in [1.82, 2.24) is 10.3 Å². The third-order valence-electron chi connectivity index (χ3n) is 2.82. The number of rotatable bonds is 6. The molecule has 0 saturated heterocycles. The van der Waals surface area contributed by atoms with E-state index in [2.05, 4.69) is 24.1 Å². The van der Waals surface area contributed by atoms with Crippen LogP contribution in [0.2, 0.25) is 0 Å². The average molecular weight is 304 g/mol. The number of thiazole rings is 1. The van der Waals surface area contributed by atoms with Crippen LogP contribution in [0.1, 0.15) is 34.9 Å². The number of hydrogen-bond donors (Lipinski definition) is 1. The van der Waals surface area contributed by atoms with Gasteiger partial charge in [-0.15, -0.1) is 11.3 Å². The molecule has 1 N–H and O–H groups in total. The number of carbonyl (C=O) groups excluding carboxylic acids is 1. The van der Waals surface area contributed by atoms with Crippen molar-refractivity contribution in [2.45, 2.75) is 27.4 Å². The molecule has 1 aromatic carbocycles. The molecular weight excluding hydrogens is 284 g/mol. The van der Waals surface area contributed by atoms with Gasteiger partial charge in [-0.2, -0.15) is 0 Å². The molecular formula is C16H20N2O2S. The highest BCUT2D eigenvalue weighted by Gasteiger charge is 2.07. The van der Waals surface area contributed by atoms with Gasteiger partial charge >= 0.3 is 0 Å². The Morgan fingerprint density at radius 1 is 1.43 bits per heavy atom. The molecule has 0 saturated carbocycles. The molecule has 0 bridgehead atoms. The molecule has 21 heavy (non-hydrogen) atoms. The summed E-state index contributed by atoms with van der Waals surface area (Å²) in [6, 6.07) is 7.22. The molecule has 5 heteroatoms. The Bertz CT molecular complexity index is 608. The van der Waals surface area contributed by atoms with Crippen LogP contribution >= 0.6 is 11.3 Å². The summed E-state index contributed by atoms with van der Waals surface area (Å²) < 4.78 is 5.69. The zero-order chi connectivity index (χ0) is 15.2. The molecule has 4 nitrogen and oxygen atoms in total. The highest BCUT2D eigenvalue weighted by molar-refractivity contribution is 7.09. The van der Waals surface area contributed by atoms with Crippen LogP contribution in [0.3, 0.4) is 0 Å². The third-order valence-corrected chi connectivity index (χ3v) is 3.64. The zero-order valence-electron chi connectivity index (χ0n) is 12.6. The van der Waals surface area contributed by atoms with E-state index in [0.29, 0.717) is 30.4 Å². The monoisotopic (exact) mass is 304 g/mol. The van der Waals surface area contributed by atoms with E-state index in [0.717, 1.165) is 10.7 Å². The van der Waals surface area contributed by atoms with Gasteiger partial charge < -0.3 is 10.1 Å². The van der Waals surface area contributed by atoms with Crippen molar-refractivity contribution in [3.8, 4) is 5.75 Å². The summed E-state index contributed by atoms with van der Waals surface area (Å²) in [4.78, 5) is 16.3. The summed E-state index contributed by atoms with van der Waals surface area (Å²) >= 11 is 1.60. The Kier molecular flexibility index (Phi) is 5.33. The minimum atomic E-state index is -0.0707. The minimum Gasteiger partial charge on any atom is -0.487 e. The van der Waals surface area contributed by atoms with Crippen LogP contribution in [-0.2, 0) is 6.61 Å². The van der Waals surface area contributed by atoms with Crippen LogP contribution < -0.4 is 10.1 Å². The molecule has 112 valence electrons. The molecule has 0 aliphatic carbocycles. The van der Waals surface area contributed by atoms with E-state index in [1.54, 1.807) is 23.5 Å². The van der Waals surface area contributed by atoms with E-state index < -0.39 is 0 Å². The van der Waals surface area contributed by atoms with Crippen molar-refractivity contribution in [3.05, 3.63) is 45.9 Å². The molecule has 0 aliphatic rings. The van der Waals surface area contributed by atoms with Crippen molar-refractivity contribution >= 4 is 17.2 Å². The lowest BCUT2D eigenvalue weighted by Gasteiger charge is -2.09. The molecule has 2 aromatic rings. The summed E-state index contributed by atoms with van der Waals surface area (Å²) in [6.07, 6.45) is 0. The maximum absolute atomic E-state index is 12.0. The maximum atomic E-state index is 12.0. The van der Waals surface area contributed by atoms with Crippen LogP contribution in [0.25, 0.3) is 0 Å². The number of amides is 1. The van der Waals surface area contributed by atoms with Gasteiger partial charge in [0.2, 0.25) is 0 Å². The molecule has 0 spiro atoms. The lowest BCUT2D eigenvalue weighted by Crippen LogP contribution is -2.27. The lowest BCUT2D eigenvalue weighted by atomic mass is 10.2. The Labute approximate surface area is 129 Å². The van der Waals surface area contributed by atoms with Gasteiger partial charge in [0.15, 0.2) is 0 Å². The summed E-state index contributed by atoms with van der Waals surface area (Å²) in [5, 5.41) is 5.90. The number of nitrogens with one attached hydrogen (secondary N) is 1. The lowest BCUT2D eigenvalue weighted by molar-refractivity contribution is 0.0948. The second-order valence-electron chi connectivity index (χ2n) is 5.28. The highest BCUT2D eigenvalue weighted by Crippen LogP contribution is 2.16. The van der Waals surface area contributed by atoms with E-state index in [1.807, 2.05) is 24.4 Å². The fourth-order valence-corrected chi connectivity index (χ4v) is 2.36. The summed E-state index contributed by atoms with van der Waals surface area (Å²) in [5.41, 5.74) is 1.52. The van der Waals surface area contributed by atoms with Crippen molar-refractivity contribution in [3.63, 3.8) is 0 Å². The highest BCUT2D eigenvalue weighted by atomic mass is 32.1. The molecule has 0 atom stereocenters. The molecule has 1 heterocycles. The van der Waals surface area contributed by atoms with Crippen molar-refractivity contribution < 1.29 is 9.53 Å². The van der Waals surface area contributed by atoms with E-state index in [4.69, 9.17) is 4.74 Å². The first-order valence-corrected chi connectivity index (χ1v) is 7.84. The fraction of sp³-hybridized carbons (Fsp3) is 0.375. The summed E-state index contributed by atoms with van der Waals surface area (Å²) in [5.74, 6) is 1.04. The van der Waals surface area contributed by atoms with Gasteiger partial charge in [0.25, 0.3) is 5.91 Å². The van der Waals surface area contributed by atoms with Gasteiger partial charge in [0.1, 0.15) is 12.4 Å². The Balaban J connectivity index is 1.95. The van der Waals surface area contributed by atoms with Gasteiger partial charge in [-0.05, 0) is 31.0 Å². The molecule has 0 unspecified atom stereocenters. The number of aromatic nitrogens is 1.